The molecule has 40 heavy (non-hydrogen) atoms. The zero-order valence-electron chi connectivity index (χ0n) is 22.8. The van der Waals surface area contributed by atoms with E-state index in [4.69, 9.17) is 4.74 Å². The number of carboxylic acids is 1. The Kier molecular flexibility index (Phi) is 6.64. The molecule has 1 aliphatic heterocycles. The average molecular weight is 529 g/mol. The molecule has 2 heterocycles. The van der Waals surface area contributed by atoms with Crippen molar-refractivity contribution in [1.82, 2.24) is 9.88 Å². The number of fused-ring (bicyclic) bond motifs is 2. The molecule has 5 heteroatoms. The molecule has 1 unspecified atom stereocenters. The molecular formula is C35H32N2O3. The van der Waals surface area contributed by atoms with Crippen LogP contribution in [0, 0.1) is 13.8 Å². The largest absolute Gasteiger partial charge is 0.491 e. The van der Waals surface area contributed by atoms with Crippen LogP contribution in [-0.2, 0) is 13.0 Å². The van der Waals surface area contributed by atoms with E-state index in [1.807, 2.05) is 36.4 Å². The highest BCUT2D eigenvalue weighted by Crippen LogP contribution is 2.31. The van der Waals surface area contributed by atoms with Gasteiger partial charge in [0.1, 0.15) is 12.4 Å². The van der Waals surface area contributed by atoms with E-state index in [0.29, 0.717) is 12.2 Å². The van der Waals surface area contributed by atoms with E-state index >= 15 is 0 Å². The van der Waals surface area contributed by atoms with Gasteiger partial charge in [0, 0.05) is 28.8 Å². The van der Waals surface area contributed by atoms with E-state index in [9.17, 15) is 9.90 Å². The molecule has 0 bridgehead atoms. The standard InChI is InChI=1S/C35H32N2O3/c1-22-24(3)37(20-25-12-14-26(15-13-25)30-9-5-6-10-31(30)35(38)39)33-17-16-27(19-32(22)33)23(2)36-29-18-28-8-4-7-11-34(28)40-21-29/h4-17,19,29,36H,2,18,20-21H2,1,3H3,(H,38,39). The smallest absolute Gasteiger partial charge is 0.336 e. The van der Waals surface area contributed by atoms with E-state index < -0.39 is 5.97 Å². The number of nitrogens with one attached hydrogen (secondary N) is 1. The fourth-order valence-corrected chi connectivity index (χ4v) is 5.69. The maximum Gasteiger partial charge on any atom is 0.336 e. The fraction of sp³-hybridized carbons (Fsp3) is 0.171. The Morgan fingerprint density at radius 1 is 1.00 bits per heavy atom. The predicted octanol–water partition coefficient (Wildman–Crippen LogP) is 7.24. The molecule has 0 saturated heterocycles. The van der Waals surface area contributed by atoms with Crippen LogP contribution < -0.4 is 10.1 Å². The van der Waals surface area contributed by atoms with Gasteiger partial charge in [0.2, 0.25) is 0 Å². The Bertz CT molecular complexity index is 1750. The summed E-state index contributed by atoms with van der Waals surface area (Å²) in [6.45, 7) is 10.0. The first-order chi connectivity index (χ1) is 19.4. The number of rotatable bonds is 7. The van der Waals surface area contributed by atoms with Crippen molar-refractivity contribution in [3.8, 4) is 16.9 Å². The number of aryl methyl sites for hydroxylation is 1. The quantitative estimate of drug-likeness (QED) is 0.234. The van der Waals surface area contributed by atoms with Crippen LogP contribution >= 0.6 is 0 Å². The summed E-state index contributed by atoms with van der Waals surface area (Å²) in [6, 6.07) is 30.2. The molecule has 5 nitrogen and oxygen atoms in total. The Hall–Kier alpha value is -4.77. The van der Waals surface area contributed by atoms with E-state index in [0.717, 1.165) is 46.7 Å². The van der Waals surface area contributed by atoms with E-state index in [1.54, 1.807) is 12.1 Å². The number of aromatic nitrogens is 1. The SMILES string of the molecule is C=C(NC1COc2ccccc2C1)c1ccc2c(c1)c(C)c(C)n2Cc1ccc(-c2ccccc2C(=O)O)cc1. The minimum atomic E-state index is -0.917. The van der Waals surface area contributed by atoms with Gasteiger partial charge in [0.05, 0.1) is 11.6 Å². The van der Waals surface area contributed by atoms with Crippen molar-refractivity contribution in [2.45, 2.75) is 32.9 Å². The Morgan fingerprint density at radius 3 is 2.55 bits per heavy atom. The Balaban J connectivity index is 1.22. The first kappa shape index (κ1) is 25.5. The Morgan fingerprint density at radius 2 is 1.75 bits per heavy atom. The first-order valence-corrected chi connectivity index (χ1v) is 13.6. The zero-order chi connectivity index (χ0) is 27.8. The lowest BCUT2D eigenvalue weighted by atomic mass is 9.99. The third kappa shape index (κ3) is 4.75. The molecule has 0 radical (unpaired) electrons. The van der Waals surface area contributed by atoms with Crippen molar-refractivity contribution in [3.63, 3.8) is 0 Å². The molecule has 0 amide bonds. The normalized spacial score (nSPS) is 14.4. The molecule has 2 N–H and O–H groups in total. The third-order valence-electron chi connectivity index (χ3n) is 8.01. The van der Waals surface area contributed by atoms with Crippen molar-refractivity contribution in [2.24, 2.45) is 0 Å². The number of hydrogen-bond acceptors (Lipinski definition) is 3. The predicted molar refractivity (Wildman–Crippen MR) is 161 cm³/mol. The minimum Gasteiger partial charge on any atom is -0.491 e. The summed E-state index contributed by atoms with van der Waals surface area (Å²) in [5.74, 6) is 0.0546. The highest BCUT2D eigenvalue weighted by atomic mass is 16.5. The van der Waals surface area contributed by atoms with Crippen LogP contribution in [0.5, 0.6) is 5.75 Å². The second-order valence-corrected chi connectivity index (χ2v) is 10.5. The summed E-state index contributed by atoms with van der Waals surface area (Å²) in [6.07, 6.45) is 0.909. The van der Waals surface area contributed by atoms with Gasteiger partial charge in [-0.15, -0.1) is 0 Å². The molecule has 200 valence electrons. The van der Waals surface area contributed by atoms with Crippen LogP contribution in [0.25, 0.3) is 27.7 Å². The lowest BCUT2D eigenvalue weighted by molar-refractivity contribution is 0.0697. The van der Waals surface area contributed by atoms with Crippen LogP contribution in [0.3, 0.4) is 0 Å². The number of benzene rings is 4. The number of ether oxygens (including phenoxy) is 1. The van der Waals surface area contributed by atoms with Gasteiger partial charge < -0.3 is 19.7 Å². The van der Waals surface area contributed by atoms with Crippen LogP contribution in [0.2, 0.25) is 0 Å². The van der Waals surface area contributed by atoms with Crippen LogP contribution in [-0.4, -0.2) is 28.3 Å². The fourth-order valence-electron chi connectivity index (χ4n) is 5.69. The topological polar surface area (TPSA) is 63.5 Å². The van der Waals surface area contributed by atoms with Crippen molar-refractivity contribution >= 4 is 22.6 Å². The second kappa shape index (κ2) is 10.4. The summed E-state index contributed by atoms with van der Waals surface area (Å²) in [4.78, 5) is 11.7. The van der Waals surface area contributed by atoms with Gasteiger partial charge in [0.15, 0.2) is 0 Å². The van der Waals surface area contributed by atoms with Crippen molar-refractivity contribution in [2.75, 3.05) is 6.61 Å². The lowest BCUT2D eigenvalue weighted by Crippen LogP contribution is -2.38. The van der Waals surface area contributed by atoms with Crippen LogP contribution in [0.1, 0.15) is 38.3 Å². The molecule has 1 aliphatic rings. The molecule has 1 aromatic heterocycles. The zero-order valence-corrected chi connectivity index (χ0v) is 22.8. The highest BCUT2D eigenvalue weighted by Gasteiger charge is 2.20. The molecular weight excluding hydrogens is 496 g/mol. The van der Waals surface area contributed by atoms with Gasteiger partial charge >= 0.3 is 5.97 Å². The van der Waals surface area contributed by atoms with Gasteiger partial charge in [-0.05, 0) is 77.9 Å². The van der Waals surface area contributed by atoms with Gasteiger partial charge in [0.25, 0.3) is 0 Å². The maximum atomic E-state index is 11.7. The lowest BCUT2D eigenvalue weighted by Gasteiger charge is -2.27. The molecule has 1 atom stereocenters. The van der Waals surface area contributed by atoms with Crippen LogP contribution in [0.15, 0.2) is 97.6 Å². The molecule has 0 saturated carbocycles. The van der Waals surface area contributed by atoms with Crippen molar-refractivity contribution in [1.29, 1.82) is 0 Å². The summed E-state index contributed by atoms with van der Waals surface area (Å²) < 4.78 is 8.30. The Labute approximate surface area is 234 Å². The highest BCUT2D eigenvalue weighted by molar-refractivity contribution is 5.96. The third-order valence-corrected chi connectivity index (χ3v) is 8.01. The van der Waals surface area contributed by atoms with Crippen molar-refractivity contribution < 1.29 is 14.6 Å². The monoisotopic (exact) mass is 528 g/mol. The summed E-state index contributed by atoms with van der Waals surface area (Å²) in [5.41, 5.74) is 9.95. The summed E-state index contributed by atoms with van der Waals surface area (Å²) in [5, 5.41) is 14.4. The van der Waals surface area contributed by atoms with Crippen LogP contribution in [0.4, 0.5) is 0 Å². The molecule has 0 aliphatic carbocycles. The molecule has 5 aromatic rings. The summed E-state index contributed by atoms with van der Waals surface area (Å²) >= 11 is 0. The van der Waals surface area contributed by atoms with Gasteiger partial charge in [-0.25, -0.2) is 4.79 Å². The number of carbonyl (C=O) groups is 1. The van der Waals surface area contributed by atoms with E-state index in [1.165, 1.54) is 27.7 Å². The maximum absolute atomic E-state index is 11.7. The number of hydrogen-bond donors (Lipinski definition) is 2. The molecule has 0 spiro atoms. The molecule has 4 aromatic carbocycles. The number of carboxylic acid groups (broad SMARTS) is 1. The summed E-state index contributed by atoms with van der Waals surface area (Å²) in [7, 11) is 0. The van der Waals surface area contributed by atoms with Gasteiger partial charge in [-0.3, -0.25) is 0 Å². The second-order valence-electron chi connectivity index (χ2n) is 10.5. The number of nitrogens with zero attached hydrogens (tertiary/aromatic N) is 1. The molecule has 6 rings (SSSR count). The van der Waals surface area contributed by atoms with E-state index in [2.05, 4.69) is 72.8 Å². The number of aromatic carboxylic acids is 1. The van der Waals surface area contributed by atoms with Crippen molar-refractivity contribution in [3.05, 3.63) is 131 Å². The van der Waals surface area contributed by atoms with Gasteiger partial charge in [-0.1, -0.05) is 73.3 Å². The molecule has 0 fully saturated rings. The van der Waals surface area contributed by atoms with E-state index in [-0.39, 0.29) is 6.04 Å². The minimum absolute atomic E-state index is 0.177. The van der Waals surface area contributed by atoms with Gasteiger partial charge in [-0.2, -0.15) is 0 Å². The average Bonchev–Trinajstić information content (AvgIpc) is 3.21. The number of para-hydroxylation sites is 1. The first-order valence-electron chi connectivity index (χ1n) is 13.6.